The summed E-state index contributed by atoms with van der Waals surface area (Å²) in [6, 6.07) is 4.16. The molecule has 1 unspecified atom stereocenters. The number of ether oxygens (including phenoxy) is 1. The zero-order valence-corrected chi connectivity index (χ0v) is 11.5. The van der Waals surface area contributed by atoms with Crippen LogP contribution in [-0.4, -0.2) is 24.9 Å². The van der Waals surface area contributed by atoms with Crippen LogP contribution in [0.3, 0.4) is 0 Å². The molecule has 1 aliphatic rings. The van der Waals surface area contributed by atoms with E-state index in [1.165, 1.54) is 12.1 Å². The Kier molecular flexibility index (Phi) is 4.39. The minimum Gasteiger partial charge on any atom is -0.461 e. The third-order valence-corrected chi connectivity index (χ3v) is 3.20. The van der Waals surface area contributed by atoms with Crippen molar-refractivity contribution in [2.75, 3.05) is 13.2 Å². The molecule has 1 aromatic rings. The van der Waals surface area contributed by atoms with Crippen molar-refractivity contribution in [1.82, 2.24) is 5.32 Å². The van der Waals surface area contributed by atoms with E-state index >= 15 is 0 Å². The van der Waals surface area contributed by atoms with Gasteiger partial charge in [-0.15, -0.1) is 0 Å². The van der Waals surface area contributed by atoms with Crippen molar-refractivity contribution in [3.8, 4) is 0 Å². The minimum absolute atomic E-state index is 0.0995. The van der Waals surface area contributed by atoms with Crippen molar-refractivity contribution in [3.63, 3.8) is 0 Å². The largest absolute Gasteiger partial charge is 0.461 e. The van der Waals surface area contributed by atoms with E-state index in [0.29, 0.717) is 0 Å². The van der Waals surface area contributed by atoms with Gasteiger partial charge in [0.25, 0.3) is 0 Å². The smallest absolute Gasteiger partial charge is 0.354 e. The van der Waals surface area contributed by atoms with Crippen LogP contribution in [0, 0.1) is 5.82 Å². The van der Waals surface area contributed by atoms with Crippen molar-refractivity contribution < 1.29 is 18.7 Å². The summed E-state index contributed by atoms with van der Waals surface area (Å²) >= 11 is 5.68. The number of ketones is 1. The number of esters is 1. The fourth-order valence-corrected chi connectivity index (χ4v) is 2.15. The highest BCUT2D eigenvalue weighted by Gasteiger charge is 2.28. The Bertz CT molecular complexity index is 586. The van der Waals surface area contributed by atoms with Gasteiger partial charge >= 0.3 is 5.97 Å². The number of hydrogen-bond donors (Lipinski definition) is 1. The van der Waals surface area contributed by atoms with Crippen LogP contribution in [0.1, 0.15) is 18.4 Å². The maximum absolute atomic E-state index is 13.8. The van der Waals surface area contributed by atoms with Crippen LogP contribution in [0.5, 0.6) is 0 Å². The van der Waals surface area contributed by atoms with Crippen LogP contribution >= 0.6 is 11.6 Å². The Morgan fingerprint density at radius 3 is 2.90 bits per heavy atom. The molecule has 0 aliphatic carbocycles. The Morgan fingerprint density at radius 1 is 1.55 bits per heavy atom. The highest BCUT2D eigenvalue weighted by Crippen LogP contribution is 2.25. The summed E-state index contributed by atoms with van der Waals surface area (Å²) in [5, 5.41) is 3.06. The molecule has 1 aromatic carbocycles. The molecular weight excluding hydrogens is 285 g/mol. The molecule has 20 heavy (non-hydrogen) atoms. The summed E-state index contributed by atoms with van der Waals surface area (Å²) in [7, 11) is 0. The number of allylic oxidation sites excluding steroid dienone is 1. The van der Waals surface area contributed by atoms with Crippen LogP contribution in [-0.2, 0) is 14.3 Å². The number of nitrogens with one attached hydrogen (secondary N) is 1. The summed E-state index contributed by atoms with van der Waals surface area (Å²) in [6.45, 7) is 2.04. The first-order valence-electron chi connectivity index (χ1n) is 6.14. The third kappa shape index (κ3) is 2.99. The van der Waals surface area contributed by atoms with Crippen molar-refractivity contribution >= 4 is 23.4 Å². The van der Waals surface area contributed by atoms with Crippen LogP contribution in [0.25, 0.3) is 0 Å². The lowest BCUT2D eigenvalue weighted by molar-refractivity contribution is -0.139. The molecule has 0 radical (unpaired) electrons. The topological polar surface area (TPSA) is 55.4 Å². The van der Waals surface area contributed by atoms with Gasteiger partial charge in [0.2, 0.25) is 0 Å². The van der Waals surface area contributed by atoms with Gasteiger partial charge in [0.1, 0.15) is 11.5 Å². The highest BCUT2D eigenvalue weighted by molar-refractivity contribution is 6.30. The SMILES string of the molecule is CCOC(=O)C1=CC(=O)C(c2ccc(Cl)cc2F)CN1. The molecule has 0 aromatic heterocycles. The fourth-order valence-electron chi connectivity index (χ4n) is 1.99. The summed E-state index contributed by atoms with van der Waals surface area (Å²) in [4.78, 5) is 23.5. The number of rotatable bonds is 3. The molecule has 6 heteroatoms. The van der Waals surface area contributed by atoms with Crippen molar-refractivity contribution in [3.05, 3.63) is 46.4 Å². The van der Waals surface area contributed by atoms with Crippen LogP contribution in [0.4, 0.5) is 4.39 Å². The molecule has 2 rings (SSSR count). The molecule has 106 valence electrons. The van der Waals surface area contributed by atoms with Gasteiger partial charge in [-0.25, -0.2) is 9.18 Å². The van der Waals surface area contributed by atoms with Gasteiger partial charge in [0.15, 0.2) is 5.78 Å². The minimum atomic E-state index is -0.676. The molecule has 1 aliphatic heterocycles. The second-order valence-electron chi connectivity index (χ2n) is 4.28. The average molecular weight is 298 g/mol. The van der Waals surface area contributed by atoms with Crippen LogP contribution in [0.15, 0.2) is 30.0 Å². The Labute approximate surface area is 120 Å². The lowest BCUT2D eigenvalue weighted by Crippen LogP contribution is -2.35. The molecule has 0 fully saturated rings. The normalized spacial score (nSPS) is 18.2. The van der Waals surface area contributed by atoms with E-state index in [1.807, 2.05) is 0 Å². The number of halogens is 2. The second kappa shape index (κ2) is 6.05. The van der Waals surface area contributed by atoms with E-state index in [0.717, 1.165) is 12.1 Å². The highest BCUT2D eigenvalue weighted by atomic mass is 35.5. The Balaban J connectivity index is 2.22. The van der Waals surface area contributed by atoms with Gasteiger partial charge in [-0.05, 0) is 19.1 Å². The van der Waals surface area contributed by atoms with Crippen LogP contribution in [0.2, 0.25) is 5.02 Å². The van der Waals surface area contributed by atoms with Gasteiger partial charge in [-0.1, -0.05) is 17.7 Å². The summed E-state index contributed by atoms with van der Waals surface area (Å²) in [6.07, 6.45) is 1.15. The zero-order chi connectivity index (χ0) is 14.7. The predicted octanol–water partition coefficient (Wildman–Crippen LogP) is 2.18. The van der Waals surface area contributed by atoms with Gasteiger partial charge in [0, 0.05) is 23.2 Å². The molecule has 0 saturated carbocycles. The van der Waals surface area contributed by atoms with Crippen molar-refractivity contribution in [2.24, 2.45) is 0 Å². The van der Waals surface area contributed by atoms with Gasteiger partial charge in [-0.2, -0.15) is 0 Å². The first-order valence-corrected chi connectivity index (χ1v) is 6.52. The second-order valence-corrected chi connectivity index (χ2v) is 4.72. The van der Waals surface area contributed by atoms with E-state index in [-0.39, 0.29) is 35.2 Å². The zero-order valence-electron chi connectivity index (χ0n) is 10.8. The fraction of sp³-hybridized carbons (Fsp3) is 0.286. The Morgan fingerprint density at radius 2 is 2.30 bits per heavy atom. The monoisotopic (exact) mass is 297 g/mol. The van der Waals surface area contributed by atoms with E-state index in [2.05, 4.69) is 5.32 Å². The van der Waals surface area contributed by atoms with Gasteiger partial charge in [0.05, 0.1) is 12.5 Å². The summed E-state index contributed by atoms with van der Waals surface area (Å²) in [5.41, 5.74) is 0.355. The molecule has 0 saturated heterocycles. The van der Waals surface area contributed by atoms with Gasteiger partial charge in [-0.3, -0.25) is 4.79 Å². The summed E-state index contributed by atoms with van der Waals surface area (Å²) in [5.74, 6) is -2.14. The summed E-state index contributed by atoms with van der Waals surface area (Å²) < 4.78 is 18.6. The molecule has 4 nitrogen and oxygen atoms in total. The molecule has 0 amide bonds. The lowest BCUT2D eigenvalue weighted by atomic mass is 9.91. The molecule has 0 spiro atoms. The van der Waals surface area contributed by atoms with E-state index in [9.17, 15) is 14.0 Å². The molecule has 1 heterocycles. The number of benzene rings is 1. The van der Waals surface area contributed by atoms with Gasteiger partial charge < -0.3 is 10.1 Å². The molecular formula is C14H13ClFNO3. The first kappa shape index (κ1) is 14.5. The molecule has 0 bridgehead atoms. The first-order chi connectivity index (χ1) is 9.52. The number of carbonyl (C=O) groups excluding carboxylic acids is 2. The standard InChI is InChI=1S/C14H13ClFNO3/c1-2-20-14(19)12-6-13(18)10(7-17-12)9-4-3-8(15)5-11(9)16/h3-6,10,17H,2,7H2,1H3. The number of carbonyl (C=O) groups is 2. The molecule has 1 atom stereocenters. The number of hydrogen-bond acceptors (Lipinski definition) is 4. The predicted molar refractivity (Wildman–Crippen MR) is 71.9 cm³/mol. The van der Waals surface area contributed by atoms with Crippen molar-refractivity contribution in [1.29, 1.82) is 0 Å². The quantitative estimate of drug-likeness (QED) is 0.869. The maximum Gasteiger partial charge on any atom is 0.354 e. The lowest BCUT2D eigenvalue weighted by Gasteiger charge is -2.22. The van der Waals surface area contributed by atoms with E-state index in [4.69, 9.17) is 16.3 Å². The third-order valence-electron chi connectivity index (χ3n) is 2.96. The Hall–Kier alpha value is -1.88. The maximum atomic E-state index is 13.8. The van der Waals surface area contributed by atoms with Crippen molar-refractivity contribution in [2.45, 2.75) is 12.8 Å². The van der Waals surface area contributed by atoms with Crippen LogP contribution < -0.4 is 5.32 Å². The molecule has 1 N–H and O–H groups in total. The van der Waals surface area contributed by atoms with E-state index < -0.39 is 17.7 Å². The van der Waals surface area contributed by atoms with E-state index in [1.54, 1.807) is 6.92 Å². The average Bonchev–Trinajstić information content (AvgIpc) is 2.40.